The molecule has 0 fully saturated rings. The summed E-state index contributed by atoms with van der Waals surface area (Å²) in [6.07, 6.45) is 0. The minimum absolute atomic E-state index is 0.174. The van der Waals surface area contributed by atoms with Crippen LogP contribution in [0.4, 0.5) is 5.69 Å². The maximum absolute atomic E-state index is 13.4. The van der Waals surface area contributed by atoms with E-state index in [1.807, 2.05) is 26.0 Å². The summed E-state index contributed by atoms with van der Waals surface area (Å²) < 4.78 is 5.03. The maximum Gasteiger partial charge on any atom is 0.325 e. The zero-order chi connectivity index (χ0) is 22.1. The van der Waals surface area contributed by atoms with Crippen molar-refractivity contribution in [2.45, 2.75) is 33.4 Å². The van der Waals surface area contributed by atoms with Gasteiger partial charge < -0.3 is 20.7 Å². The number of nitrogens with zero attached hydrogens (tertiary/aromatic N) is 1. The van der Waals surface area contributed by atoms with Crippen molar-refractivity contribution in [1.29, 1.82) is 0 Å². The van der Waals surface area contributed by atoms with Gasteiger partial charge in [0.25, 0.3) is 5.91 Å². The average molecular weight is 412 g/mol. The molecule has 7 nitrogen and oxygen atoms in total. The van der Waals surface area contributed by atoms with Gasteiger partial charge in [0.15, 0.2) is 0 Å². The van der Waals surface area contributed by atoms with Crippen molar-refractivity contribution in [1.82, 2.24) is 10.2 Å². The molecule has 0 aromatic heterocycles. The van der Waals surface area contributed by atoms with Crippen LogP contribution in [0.5, 0.6) is 0 Å². The lowest BCUT2D eigenvalue weighted by Gasteiger charge is -2.29. The summed E-state index contributed by atoms with van der Waals surface area (Å²) in [4.78, 5) is 39.5. The van der Waals surface area contributed by atoms with E-state index in [2.05, 4.69) is 5.32 Å². The highest BCUT2D eigenvalue weighted by Gasteiger charge is 2.30. The molecule has 0 aliphatic heterocycles. The Hall–Kier alpha value is -3.35. The predicted molar refractivity (Wildman–Crippen MR) is 115 cm³/mol. The van der Waals surface area contributed by atoms with Gasteiger partial charge in [0.2, 0.25) is 5.91 Å². The molecule has 2 aromatic carbocycles. The zero-order valence-corrected chi connectivity index (χ0v) is 17.6. The highest BCUT2D eigenvalue weighted by molar-refractivity contribution is 5.98. The zero-order valence-electron chi connectivity index (χ0n) is 17.6. The van der Waals surface area contributed by atoms with Crippen LogP contribution in [0.3, 0.4) is 0 Å². The second-order valence-corrected chi connectivity index (χ2v) is 7.31. The number of amides is 2. The third-order valence-electron chi connectivity index (χ3n) is 4.52. The quantitative estimate of drug-likeness (QED) is 0.488. The number of rotatable bonds is 9. The van der Waals surface area contributed by atoms with Gasteiger partial charge in [-0.15, -0.1) is 0 Å². The number of carbonyl (C=O) groups excluding carboxylic acids is 3. The van der Waals surface area contributed by atoms with Crippen molar-refractivity contribution in [2.24, 2.45) is 5.92 Å². The van der Waals surface area contributed by atoms with E-state index in [1.54, 1.807) is 49.4 Å². The number of hydrogen-bond acceptors (Lipinski definition) is 5. The predicted octanol–water partition coefficient (Wildman–Crippen LogP) is 2.62. The lowest BCUT2D eigenvalue weighted by molar-refractivity contribution is -0.150. The first-order chi connectivity index (χ1) is 14.3. The molecule has 2 amide bonds. The van der Waals surface area contributed by atoms with Gasteiger partial charge in [0, 0.05) is 17.8 Å². The molecule has 2 rings (SSSR count). The number of nitrogen functional groups attached to an aromatic ring is 1. The highest BCUT2D eigenvalue weighted by Crippen LogP contribution is 2.14. The summed E-state index contributed by atoms with van der Waals surface area (Å²) in [5.41, 5.74) is 7.65. The molecule has 30 heavy (non-hydrogen) atoms. The van der Waals surface area contributed by atoms with E-state index < -0.39 is 12.0 Å². The van der Waals surface area contributed by atoms with E-state index >= 15 is 0 Å². The van der Waals surface area contributed by atoms with E-state index in [9.17, 15) is 14.4 Å². The van der Waals surface area contributed by atoms with Crippen LogP contribution in [0.2, 0.25) is 0 Å². The van der Waals surface area contributed by atoms with Gasteiger partial charge >= 0.3 is 5.97 Å². The number of hydrogen-bond donors (Lipinski definition) is 2. The molecule has 0 saturated heterocycles. The molecule has 2 aromatic rings. The molecule has 1 atom stereocenters. The van der Waals surface area contributed by atoms with Crippen molar-refractivity contribution in [2.75, 3.05) is 18.9 Å². The number of benzene rings is 2. The molecular weight excluding hydrogens is 382 g/mol. The summed E-state index contributed by atoms with van der Waals surface area (Å²) >= 11 is 0. The monoisotopic (exact) mass is 411 g/mol. The van der Waals surface area contributed by atoms with E-state index in [-0.39, 0.29) is 37.4 Å². The van der Waals surface area contributed by atoms with Gasteiger partial charge in [-0.05, 0) is 42.7 Å². The Balaban J connectivity index is 2.24. The molecule has 0 aliphatic carbocycles. The maximum atomic E-state index is 13.4. The first-order valence-electron chi connectivity index (χ1n) is 9.96. The summed E-state index contributed by atoms with van der Waals surface area (Å²) in [5.74, 6) is -1.39. The Bertz CT molecular complexity index is 868. The van der Waals surface area contributed by atoms with Gasteiger partial charge in [0.05, 0.1) is 6.61 Å². The Labute approximate surface area is 177 Å². The number of nitrogens with one attached hydrogen (secondary N) is 1. The third-order valence-corrected chi connectivity index (χ3v) is 4.52. The largest absolute Gasteiger partial charge is 0.465 e. The fourth-order valence-corrected chi connectivity index (χ4v) is 3.01. The first kappa shape index (κ1) is 22.9. The first-order valence-corrected chi connectivity index (χ1v) is 9.96. The number of anilines is 1. The number of carbonyl (C=O) groups is 3. The summed E-state index contributed by atoms with van der Waals surface area (Å²) in [7, 11) is 0. The van der Waals surface area contributed by atoms with Gasteiger partial charge in [-0.3, -0.25) is 14.4 Å². The minimum Gasteiger partial charge on any atom is -0.465 e. The summed E-state index contributed by atoms with van der Waals surface area (Å²) in [6.45, 7) is 5.57. The normalized spacial score (nSPS) is 11.6. The highest BCUT2D eigenvalue weighted by atomic mass is 16.5. The van der Waals surface area contributed by atoms with E-state index in [1.165, 1.54) is 4.90 Å². The molecule has 0 radical (unpaired) electrons. The van der Waals surface area contributed by atoms with Crippen LogP contribution in [0.25, 0.3) is 0 Å². The van der Waals surface area contributed by atoms with Crippen LogP contribution >= 0.6 is 0 Å². The fraction of sp³-hybridized carbons (Fsp3) is 0.348. The van der Waals surface area contributed by atoms with Crippen molar-refractivity contribution in [3.8, 4) is 0 Å². The standard InChI is InChI=1S/C23H29N3O4/c1-4-30-20(27)15-26(14-17-9-8-12-19(24)13-17)23(29)21(16(2)3)25-22(28)18-10-6-5-7-11-18/h5-13,16,21H,4,14-15,24H2,1-3H3,(H,25,28). The lowest BCUT2D eigenvalue weighted by Crippen LogP contribution is -2.52. The van der Waals surface area contributed by atoms with Crippen molar-refractivity contribution >= 4 is 23.5 Å². The smallest absolute Gasteiger partial charge is 0.325 e. The number of nitrogens with two attached hydrogens (primary N) is 1. The van der Waals surface area contributed by atoms with Crippen LogP contribution in [-0.4, -0.2) is 41.9 Å². The Kier molecular flexibility index (Phi) is 8.41. The van der Waals surface area contributed by atoms with Crippen LogP contribution in [0, 0.1) is 5.92 Å². The number of ether oxygens (including phenoxy) is 1. The van der Waals surface area contributed by atoms with Gasteiger partial charge in [-0.1, -0.05) is 44.2 Å². The van der Waals surface area contributed by atoms with Crippen LogP contribution < -0.4 is 11.1 Å². The van der Waals surface area contributed by atoms with Gasteiger partial charge in [0.1, 0.15) is 12.6 Å². The molecule has 160 valence electrons. The second kappa shape index (κ2) is 11.0. The molecule has 7 heteroatoms. The second-order valence-electron chi connectivity index (χ2n) is 7.31. The molecule has 0 saturated carbocycles. The van der Waals surface area contributed by atoms with E-state index in [0.717, 1.165) is 5.56 Å². The van der Waals surface area contributed by atoms with Gasteiger partial charge in [-0.25, -0.2) is 0 Å². The lowest BCUT2D eigenvalue weighted by atomic mass is 10.0. The molecule has 0 spiro atoms. The Morgan fingerprint density at radius 2 is 1.77 bits per heavy atom. The summed E-state index contributed by atoms with van der Waals surface area (Å²) in [6, 6.07) is 15.0. The van der Waals surface area contributed by atoms with Crippen LogP contribution in [0.15, 0.2) is 54.6 Å². The van der Waals surface area contributed by atoms with Crippen molar-refractivity contribution < 1.29 is 19.1 Å². The fourth-order valence-electron chi connectivity index (χ4n) is 3.01. The molecule has 3 N–H and O–H groups in total. The van der Waals surface area contributed by atoms with E-state index in [4.69, 9.17) is 10.5 Å². The third kappa shape index (κ3) is 6.62. The molecule has 0 heterocycles. The number of esters is 1. The SMILES string of the molecule is CCOC(=O)CN(Cc1cccc(N)c1)C(=O)C(NC(=O)c1ccccc1)C(C)C. The van der Waals surface area contributed by atoms with Crippen molar-refractivity contribution in [3.05, 3.63) is 65.7 Å². The van der Waals surface area contributed by atoms with E-state index in [0.29, 0.717) is 11.3 Å². The van der Waals surface area contributed by atoms with Crippen LogP contribution in [0.1, 0.15) is 36.7 Å². The van der Waals surface area contributed by atoms with Crippen LogP contribution in [-0.2, 0) is 20.9 Å². The molecule has 1 unspecified atom stereocenters. The minimum atomic E-state index is -0.798. The molecular formula is C23H29N3O4. The average Bonchev–Trinajstić information content (AvgIpc) is 2.71. The molecule has 0 aliphatic rings. The van der Waals surface area contributed by atoms with Crippen molar-refractivity contribution in [3.63, 3.8) is 0 Å². The topological polar surface area (TPSA) is 102 Å². The Morgan fingerprint density at radius 1 is 1.07 bits per heavy atom. The Morgan fingerprint density at radius 3 is 2.37 bits per heavy atom. The summed E-state index contributed by atoms with van der Waals surface area (Å²) in [5, 5.41) is 2.81. The molecule has 0 bridgehead atoms. The van der Waals surface area contributed by atoms with Gasteiger partial charge in [-0.2, -0.15) is 0 Å².